The maximum absolute atomic E-state index is 12.2. The molecule has 2 rings (SSSR count). The summed E-state index contributed by atoms with van der Waals surface area (Å²) in [5.41, 5.74) is 0.747. The van der Waals surface area contributed by atoms with Gasteiger partial charge in [-0.05, 0) is 31.0 Å². The topological polar surface area (TPSA) is 74.2 Å². The van der Waals surface area contributed by atoms with Crippen molar-refractivity contribution in [3.05, 3.63) is 24.3 Å². The molecular formula is C16H21N3O2. The van der Waals surface area contributed by atoms with Gasteiger partial charge in [-0.2, -0.15) is 5.26 Å². The van der Waals surface area contributed by atoms with E-state index in [9.17, 15) is 4.79 Å². The summed E-state index contributed by atoms with van der Waals surface area (Å²) in [7, 11) is 0. The van der Waals surface area contributed by atoms with Gasteiger partial charge in [-0.3, -0.25) is 4.79 Å². The fraction of sp³-hybridized carbons (Fsp3) is 0.500. The van der Waals surface area contributed by atoms with E-state index in [4.69, 9.17) is 10.00 Å². The predicted molar refractivity (Wildman–Crippen MR) is 80.9 cm³/mol. The molecule has 1 amide bonds. The Hall–Kier alpha value is -2.06. The lowest BCUT2D eigenvalue weighted by atomic mass is 9.97. The van der Waals surface area contributed by atoms with Gasteiger partial charge < -0.3 is 15.4 Å². The highest BCUT2D eigenvalue weighted by Crippen LogP contribution is 2.21. The zero-order valence-electron chi connectivity index (χ0n) is 12.3. The molecule has 1 fully saturated rings. The van der Waals surface area contributed by atoms with Gasteiger partial charge in [-0.15, -0.1) is 0 Å². The van der Waals surface area contributed by atoms with Crippen LogP contribution in [0, 0.1) is 23.2 Å². The van der Waals surface area contributed by atoms with Crippen LogP contribution in [0.5, 0.6) is 5.75 Å². The summed E-state index contributed by atoms with van der Waals surface area (Å²) < 4.78 is 5.56. The Bertz CT molecular complexity index is 524. The summed E-state index contributed by atoms with van der Waals surface area (Å²) in [6.07, 6.45) is 1.20. The van der Waals surface area contributed by atoms with E-state index < -0.39 is 0 Å². The number of carbonyl (C=O) groups is 1. The van der Waals surface area contributed by atoms with Crippen molar-refractivity contribution in [2.75, 3.05) is 25.0 Å². The number of nitrogens with one attached hydrogen (secondary N) is 2. The molecule has 2 N–H and O–H groups in total. The second kappa shape index (κ2) is 7.65. The van der Waals surface area contributed by atoms with Crippen LogP contribution in [0.25, 0.3) is 0 Å². The molecule has 1 saturated heterocycles. The molecule has 2 unspecified atom stereocenters. The van der Waals surface area contributed by atoms with Crippen LogP contribution < -0.4 is 15.4 Å². The number of anilines is 1. The van der Waals surface area contributed by atoms with Gasteiger partial charge in [0.05, 0.1) is 18.6 Å². The van der Waals surface area contributed by atoms with E-state index in [-0.39, 0.29) is 11.8 Å². The van der Waals surface area contributed by atoms with Crippen molar-refractivity contribution in [1.29, 1.82) is 5.26 Å². The molecule has 0 aliphatic carbocycles. The number of ether oxygens (including phenoxy) is 1. The molecular weight excluding hydrogens is 266 g/mol. The second-order valence-electron chi connectivity index (χ2n) is 5.37. The van der Waals surface area contributed by atoms with Crippen LogP contribution in [0.1, 0.15) is 19.8 Å². The highest BCUT2D eigenvalue weighted by atomic mass is 16.5. The number of hydrogen-bond acceptors (Lipinski definition) is 4. The van der Waals surface area contributed by atoms with Crippen molar-refractivity contribution in [3.8, 4) is 11.8 Å². The number of unbranched alkanes of at least 4 members (excludes halogenated alkanes) is 1. The first kappa shape index (κ1) is 15.3. The molecule has 0 spiro atoms. The number of amides is 1. The fourth-order valence-corrected chi connectivity index (χ4v) is 2.40. The van der Waals surface area contributed by atoms with Crippen LogP contribution in [0.2, 0.25) is 0 Å². The third-order valence-electron chi connectivity index (χ3n) is 3.66. The average molecular weight is 287 g/mol. The minimum Gasteiger partial charge on any atom is -0.493 e. The summed E-state index contributed by atoms with van der Waals surface area (Å²) in [5.74, 6) is 1.14. The summed E-state index contributed by atoms with van der Waals surface area (Å²) in [6, 6.07) is 9.46. The van der Waals surface area contributed by atoms with E-state index in [0.717, 1.165) is 18.8 Å². The van der Waals surface area contributed by atoms with Crippen LogP contribution in [-0.2, 0) is 4.79 Å². The molecule has 0 radical (unpaired) electrons. The predicted octanol–water partition coefficient (Wildman–Crippen LogP) is 2.16. The van der Waals surface area contributed by atoms with Crippen molar-refractivity contribution in [1.82, 2.24) is 5.32 Å². The summed E-state index contributed by atoms with van der Waals surface area (Å²) in [5, 5.41) is 14.6. The Labute approximate surface area is 125 Å². The van der Waals surface area contributed by atoms with Crippen molar-refractivity contribution >= 4 is 11.6 Å². The maximum atomic E-state index is 12.2. The van der Waals surface area contributed by atoms with Gasteiger partial charge in [0.2, 0.25) is 5.91 Å². The molecule has 0 saturated carbocycles. The van der Waals surface area contributed by atoms with Crippen molar-refractivity contribution in [2.45, 2.75) is 19.8 Å². The van der Waals surface area contributed by atoms with Crippen LogP contribution in [0.15, 0.2) is 24.3 Å². The second-order valence-corrected chi connectivity index (χ2v) is 5.37. The molecule has 112 valence electrons. The van der Waals surface area contributed by atoms with Crippen LogP contribution in [-0.4, -0.2) is 25.6 Å². The van der Waals surface area contributed by atoms with Crippen molar-refractivity contribution in [2.24, 2.45) is 11.8 Å². The number of benzene rings is 1. The standard InChI is InChI=1S/C16H21N3O2/c1-12-10-18-11-15(12)16(20)19-13-5-4-6-14(9-13)21-8-3-2-7-17/h4-6,9,12,15,18H,2-3,8,10-11H2,1H3,(H,19,20). The molecule has 1 aliphatic rings. The normalized spacial score (nSPS) is 20.8. The number of nitriles is 1. The summed E-state index contributed by atoms with van der Waals surface area (Å²) in [4.78, 5) is 12.2. The third kappa shape index (κ3) is 4.47. The lowest BCUT2D eigenvalue weighted by molar-refractivity contribution is -0.120. The van der Waals surface area contributed by atoms with Gasteiger partial charge in [-0.25, -0.2) is 0 Å². The molecule has 1 heterocycles. The monoisotopic (exact) mass is 287 g/mol. The lowest BCUT2D eigenvalue weighted by Crippen LogP contribution is -2.27. The van der Waals surface area contributed by atoms with Gasteiger partial charge in [0.25, 0.3) is 0 Å². The van der Waals surface area contributed by atoms with Gasteiger partial charge in [0.15, 0.2) is 0 Å². The highest BCUT2D eigenvalue weighted by Gasteiger charge is 2.29. The van der Waals surface area contributed by atoms with Gasteiger partial charge >= 0.3 is 0 Å². The Morgan fingerprint density at radius 2 is 2.38 bits per heavy atom. The van der Waals surface area contributed by atoms with Gasteiger partial charge in [0.1, 0.15) is 5.75 Å². The Morgan fingerprint density at radius 1 is 1.52 bits per heavy atom. The number of rotatable bonds is 6. The molecule has 0 bridgehead atoms. The maximum Gasteiger partial charge on any atom is 0.229 e. The van der Waals surface area contributed by atoms with Gasteiger partial charge in [0, 0.05) is 24.7 Å². The van der Waals surface area contributed by atoms with E-state index in [1.807, 2.05) is 24.3 Å². The zero-order valence-corrected chi connectivity index (χ0v) is 12.3. The molecule has 21 heavy (non-hydrogen) atoms. The third-order valence-corrected chi connectivity index (χ3v) is 3.66. The van der Waals surface area contributed by atoms with Crippen LogP contribution in [0.4, 0.5) is 5.69 Å². The quantitative estimate of drug-likeness (QED) is 0.786. The van der Waals surface area contributed by atoms with Crippen molar-refractivity contribution in [3.63, 3.8) is 0 Å². The Kier molecular flexibility index (Phi) is 5.59. The van der Waals surface area contributed by atoms with E-state index in [1.54, 1.807) is 0 Å². The molecule has 5 heteroatoms. The Balaban J connectivity index is 1.88. The highest BCUT2D eigenvalue weighted by molar-refractivity contribution is 5.93. The zero-order chi connectivity index (χ0) is 15.1. The minimum atomic E-state index is 0.0187. The van der Waals surface area contributed by atoms with Gasteiger partial charge in [-0.1, -0.05) is 13.0 Å². The molecule has 2 atom stereocenters. The number of hydrogen-bond donors (Lipinski definition) is 2. The molecule has 1 aliphatic heterocycles. The summed E-state index contributed by atoms with van der Waals surface area (Å²) >= 11 is 0. The largest absolute Gasteiger partial charge is 0.493 e. The number of nitrogens with zero attached hydrogens (tertiary/aromatic N) is 1. The first-order chi connectivity index (χ1) is 10.2. The first-order valence-corrected chi connectivity index (χ1v) is 7.32. The fourth-order valence-electron chi connectivity index (χ4n) is 2.40. The SMILES string of the molecule is CC1CNCC1C(=O)Nc1cccc(OCCCC#N)c1. The smallest absolute Gasteiger partial charge is 0.229 e. The number of carbonyl (C=O) groups excluding carboxylic acids is 1. The molecule has 0 aromatic heterocycles. The first-order valence-electron chi connectivity index (χ1n) is 7.32. The van der Waals surface area contributed by atoms with E-state index >= 15 is 0 Å². The summed E-state index contributed by atoms with van der Waals surface area (Å²) in [6.45, 7) is 4.21. The lowest BCUT2D eigenvalue weighted by Gasteiger charge is -2.14. The molecule has 1 aromatic carbocycles. The molecule has 5 nitrogen and oxygen atoms in total. The average Bonchev–Trinajstić information content (AvgIpc) is 2.90. The van der Waals surface area contributed by atoms with E-state index in [2.05, 4.69) is 23.6 Å². The van der Waals surface area contributed by atoms with Crippen LogP contribution >= 0.6 is 0 Å². The van der Waals surface area contributed by atoms with E-state index in [0.29, 0.717) is 31.1 Å². The van der Waals surface area contributed by atoms with Crippen molar-refractivity contribution < 1.29 is 9.53 Å². The molecule has 1 aromatic rings. The van der Waals surface area contributed by atoms with Crippen LogP contribution in [0.3, 0.4) is 0 Å². The minimum absolute atomic E-state index is 0.0187. The van der Waals surface area contributed by atoms with E-state index in [1.165, 1.54) is 0 Å². The Morgan fingerprint density at radius 3 is 3.10 bits per heavy atom.